The molecule has 1 fully saturated rings. The first-order chi connectivity index (χ1) is 11.4. The normalized spacial score (nSPS) is 21.0. The van der Waals surface area contributed by atoms with Crippen LogP contribution in [0.1, 0.15) is 20.3 Å². The van der Waals surface area contributed by atoms with Crippen LogP contribution in [0.3, 0.4) is 0 Å². The third-order valence-corrected chi connectivity index (χ3v) is 4.39. The van der Waals surface area contributed by atoms with Crippen LogP contribution in [0.4, 0.5) is 11.6 Å². The van der Waals surface area contributed by atoms with Crippen molar-refractivity contribution in [3.8, 4) is 5.69 Å². The van der Waals surface area contributed by atoms with Gasteiger partial charge in [-0.2, -0.15) is 4.85 Å². The second kappa shape index (κ2) is 6.27. The number of aromatic nitrogens is 3. The van der Waals surface area contributed by atoms with Crippen LogP contribution in [-0.2, 0) is 0 Å². The second-order valence-electron chi connectivity index (χ2n) is 6.39. The van der Waals surface area contributed by atoms with Crippen molar-refractivity contribution in [2.75, 3.05) is 18.0 Å². The molecule has 1 saturated heterocycles. The van der Waals surface area contributed by atoms with Crippen LogP contribution >= 0.6 is 11.6 Å². The molecule has 0 unspecified atom stereocenters. The fourth-order valence-electron chi connectivity index (χ4n) is 3.30. The van der Waals surface area contributed by atoms with Crippen LogP contribution in [0.5, 0.6) is 0 Å². The first-order valence-corrected chi connectivity index (χ1v) is 8.12. The van der Waals surface area contributed by atoms with Gasteiger partial charge in [-0.05, 0) is 47.4 Å². The van der Waals surface area contributed by atoms with Crippen LogP contribution in [0.25, 0.3) is 5.69 Å². The summed E-state index contributed by atoms with van der Waals surface area (Å²) in [6.45, 7) is 5.35. The molecule has 0 N–H and O–H groups in total. The quantitative estimate of drug-likeness (QED) is 0.367. The van der Waals surface area contributed by atoms with Gasteiger partial charge < -0.3 is 15.3 Å². The molecule has 9 heteroatoms. The Morgan fingerprint density at radius 1 is 1.25 bits per heavy atom. The van der Waals surface area contributed by atoms with Gasteiger partial charge in [-0.1, -0.05) is 30.2 Å². The molecule has 2 atom stereocenters. The average Bonchev–Trinajstić information content (AvgIpc) is 2.85. The minimum absolute atomic E-state index is 0.00616. The first kappa shape index (κ1) is 16.5. The molecule has 0 bridgehead atoms. The van der Waals surface area contributed by atoms with E-state index in [-0.39, 0.29) is 5.82 Å². The molecule has 1 aliphatic rings. The highest BCUT2D eigenvalue weighted by Crippen LogP contribution is 2.29. The number of hydrogen-bond acceptors (Lipinski definition) is 5. The Labute approximate surface area is 144 Å². The SMILES string of the molecule is C[C@H]1C[C@H](C)CN(c2c([N+](=O)[O-])nn(-c3ccc(Cl)cc3)[n+]2[O-])C1. The van der Waals surface area contributed by atoms with E-state index in [1.54, 1.807) is 29.2 Å². The minimum atomic E-state index is -0.611. The zero-order valence-corrected chi connectivity index (χ0v) is 14.2. The van der Waals surface area contributed by atoms with E-state index in [4.69, 9.17) is 11.6 Å². The summed E-state index contributed by atoms with van der Waals surface area (Å²) >= 11 is 5.85. The molecular formula is C15H18ClN5O3. The maximum Gasteiger partial charge on any atom is 0.428 e. The van der Waals surface area contributed by atoms with E-state index < -0.39 is 10.7 Å². The van der Waals surface area contributed by atoms with Crippen molar-refractivity contribution in [1.29, 1.82) is 0 Å². The van der Waals surface area contributed by atoms with Crippen LogP contribution < -0.4 is 9.75 Å². The lowest BCUT2D eigenvalue weighted by molar-refractivity contribution is -0.677. The topological polar surface area (TPSA) is 91.1 Å². The Bertz CT molecular complexity index is 751. The summed E-state index contributed by atoms with van der Waals surface area (Å²) in [6, 6.07) is 6.40. The van der Waals surface area contributed by atoms with Crippen LogP contribution in [0, 0.1) is 27.2 Å². The van der Waals surface area contributed by atoms with Gasteiger partial charge in [-0.15, -0.1) is 0 Å². The summed E-state index contributed by atoms with van der Waals surface area (Å²) in [6.07, 6.45) is 1.04. The number of nitro groups is 1. The van der Waals surface area contributed by atoms with Crippen LogP contribution in [0.15, 0.2) is 24.3 Å². The highest BCUT2D eigenvalue weighted by Gasteiger charge is 2.36. The fraction of sp³-hybridized carbons (Fsp3) is 0.467. The third-order valence-electron chi connectivity index (χ3n) is 4.14. The van der Waals surface area contributed by atoms with E-state index in [0.717, 1.165) is 11.2 Å². The summed E-state index contributed by atoms with van der Waals surface area (Å²) in [7, 11) is 0. The molecule has 2 aromatic rings. The molecule has 3 rings (SSSR count). The van der Waals surface area contributed by atoms with Gasteiger partial charge in [0, 0.05) is 10.1 Å². The Morgan fingerprint density at radius 2 is 1.83 bits per heavy atom. The fourth-order valence-corrected chi connectivity index (χ4v) is 3.43. The van der Waals surface area contributed by atoms with Gasteiger partial charge in [0.2, 0.25) is 0 Å². The lowest BCUT2D eigenvalue weighted by Crippen LogP contribution is -2.47. The van der Waals surface area contributed by atoms with Crippen molar-refractivity contribution < 1.29 is 9.77 Å². The number of piperidine rings is 1. The van der Waals surface area contributed by atoms with E-state index in [2.05, 4.69) is 18.9 Å². The molecule has 128 valence electrons. The van der Waals surface area contributed by atoms with E-state index >= 15 is 0 Å². The number of rotatable bonds is 3. The first-order valence-electron chi connectivity index (χ1n) is 7.75. The smallest absolute Gasteiger partial charge is 0.428 e. The standard InChI is InChI=1S/C15H18ClN5O3/c1-10-7-11(2)9-18(8-10)15-14(21(23)24)17-19(20(15)22)13-5-3-12(16)4-6-13/h3-6,10-11H,7-9H2,1-2H3/t10-,11-/m0/s1. The van der Waals surface area contributed by atoms with Gasteiger partial charge in [0.25, 0.3) is 0 Å². The lowest BCUT2D eigenvalue weighted by Gasteiger charge is -2.32. The number of nitrogens with zero attached hydrogens (tertiary/aromatic N) is 5. The molecule has 1 aromatic carbocycles. The van der Waals surface area contributed by atoms with Crippen molar-refractivity contribution in [3.05, 3.63) is 44.6 Å². The van der Waals surface area contributed by atoms with Gasteiger partial charge >= 0.3 is 11.6 Å². The van der Waals surface area contributed by atoms with Crippen LogP contribution in [0.2, 0.25) is 5.02 Å². The summed E-state index contributed by atoms with van der Waals surface area (Å²) < 4.78 is 0. The highest BCUT2D eigenvalue weighted by molar-refractivity contribution is 6.30. The maximum absolute atomic E-state index is 12.7. The molecule has 0 radical (unpaired) electrons. The summed E-state index contributed by atoms with van der Waals surface area (Å²) in [5.74, 6) is 0.272. The Morgan fingerprint density at radius 3 is 2.38 bits per heavy atom. The van der Waals surface area contributed by atoms with Gasteiger partial charge in [-0.25, -0.2) is 0 Å². The molecule has 0 aliphatic carbocycles. The van der Waals surface area contributed by atoms with Crippen molar-refractivity contribution in [3.63, 3.8) is 0 Å². The third kappa shape index (κ3) is 3.01. The maximum atomic E-state index is 12.7. The summed E-state index contributed by atoms with van der Waals surface area (Å²) in [4.78, 5) is 14.1. The zero-order valence-electron chi connectivity index (χ0n) is 13.4. The lowest BCUT2D eigenvalue weighted by atomic mass is 9.92. The zero-order chi connectivity index (χ0) is 17.4. The van der Waals surface area contributed by atoms with Crippen molar-refractivity contribution in [1.82, 2.24) is 9.90 Å². The van der Waals surface area contributed by atoms with E-state index in [1.165, 1.54) is 0 Å². The monoisotopic (exact) mass is 351 g/mol. The highest BCUT2D eigenvalue weighted by atomic mass is 35.5. The molecule has 24 heavy (non-hydrogen) atoms. The number of benzene rings is 1. The van der Waals surface area contributed by atoms with E-state index in [9.17, 15) is 15.3 Å². The Balaban J connectivity index is 2.08. The molecule has 0 saturated carbocycles. The summed E-state index contributed by atoms with van der Waals surface area (Å²) in [5.41, 5.74) is 0.418. The molecular weight excluding hydrogens is 334 g/mol. The van der Waals surface area contributed by atoms with Crippen molar-refractivity contribution in [2.24, 2.45) is 11.8 Å². The van der Waals surface area contributed by atoms with Gasteiger partial charge in [0.15, 0.2) is 0 Å². The Kier molecular flexibility index (Phi) is 4.31. The average molecular weight is 352 g/mol. The van der Waals surface area contributed by atoms with Gasteiger partial charge in [0.1, 0.15) is 5.69 Å². The van der Waals surface area contributed by atoms with E-state index in [0.29, 0.717) is 40.5 Å². The van der Waals surface area contributed by atoms with Crippen molar-refractivity contribution in [2.45, 2.75) is 20.3 Å². The second-order valence-corrected chi connectivity index (χ2v) is 6.83. The van der Waals surface area contributed by atoms with Crippen molar-refractivity contribution >= 4 is 23.2 Å². The predicted octanol–water partition coefficient (Wildman–Crippen LogP) is 2.55. The number of hydrogen-bond donors (Lipinski definition) is 0. The van der Waals surface area contributed by atoms with E-state index in [1.807, 2.05) is 0 Å². The Hall–Kier alpha value is -2.35. The van der Waals surface area contributed by atoms with Crippen LogP contribution in [-0.4, -0.2) is 27.9 Å². The largest absolute Gasteiger partial charge is 0.723 e. The molecule has 1 aliphatic heterocycles. The molecule has 8 nitrogen and oxygen atoms in total. The van der Waals surface area contributed by atoms with Gasteiger partial charge in [0.05, 0.1) is 13.1 Å². The predicted molar refractivity (Wildman–Crippen MR) is 89.3 cm³/mol. The number of anilines is 1. The minimum Gasteiger partial charge on any atom is -0.723 e. The van der Waals surface area contributed by atoms with Gasteiger partial charge in [-0.3, -0.25) is 4.90 Å². The molecule has 2 heterocycles. The molecule has 0 amide bonds. The molecule has 0 spiro atoms. The molecule has 1 aromatic heterocycles. The number of halogens is 1. The summed E-state index contributed by atoms with van der Waals surface area (Å²) in [5, 5.41) is 28.6.